The lowest BCUT2D eigenvalue weighted by Crippen LogP contribution is -2.62. The van der Waals surface area contributed by atoms with Crippen molar-refractivity contribution in [2.45, 2.75) is 24.1 Å². The second-order valence-electron chi connectivity index (χ2n) is 4.36. The Labute approximate surface area is 133 Å². The van der Waals surface area contributed by atoms with Crippen LogP contribution in [-0.2, 0) is 0 Å². The van der Waals surface area contributed by atoms with Crippen molar-refractivity contribution in [3.8, 4) is 5.75 Å². The van der Waals surface area contributed by atoms with Gasteiger partial charge in [-0.1, -0.05) is 0 Å². The zero-order valence-electron chi connectivity index (χ0n) is 11.3. The number of nitro groups is 1. The molecular formula is C10HF12NO3. The highest BCUT2D eigenvalue weighted by molar-refractivity contribution is 5.41. The molecule has 0 spiro atoms. The van der Waals surface area contributed by atoms with Crippen LogP contribution < -0.4 is 4.74 Å². The minimum absolute atomic E-state index is 0.649. The van der Waals surface area contributed by atoms with Crippen LogP contribution >= 0.6 is 0 Å². The van der Waals surface area contributed by atoms with Crippen LogP contribution in [0.15, 0.2) is 6.07 Å². The van der Waals surface area contributed by atoms with Gasteiger partial charge in [-0.05, 0) is 0 Å². The van der Waals surface area contributed by atoms with Crippen LogP contribution in [-0.4, -0.2) is 29.1 Å². The summed E-state index contributed by atoms with van der Waals surface area (Å²) in [6.07, 6.45) is -14.2. The van der Waals surface area contributed by atoms with Gasteiger partial charge in [-0.2, -0.15) is 48.3 Å². The van der Waals surface area contributed by atoms with E-state index in [4.69, 9.17) is 0 Å². The number of rotatable bonds is 5. The number of ether oxygens (including phenoxy) is 1. The van der Waals surface area contributed by atoms with Crippen molar-refractivity contribution < 1.29 is 62.3 Å². The molecule has 16 heteroatoms. The van der Waals surface area contributed by atoms with Crippen LogP contribution in [0.25, 0.3) is 0 Å². The monoisotopic (exact) mass is 411 g/mol. The van der Waals surface area contributed by atoms with Gasteiger partial charge >= 0.3 is 29.8 Å². The summed E-state index contributed by atoms with van der Waals surface area (Å²) in [5.74, 6) is -26.1. The summed E-state index contributed by atoms with van der Waals surface area (Å²) in [4.78, 5) is 8.44. The molecule has 4 nitrogen and oxygen atoms in total. The lowest BCUT2D eigenvalue weighted by Gasteiger charge is -2.33. The maximum Gasteiger partial charge on any atom is 0.471 e. The van der Waals surface area contributed by atoms with Crippen molar-refractivity contribution in [2.24, 2.45) is 0 Å². The van der Waals surface area contributed by atoms with Gasteiger partial charge in [0, 0.05) is 0 Å². The second kappa shape index (κ2) is 6.08. The van der Waals surface area contributed by atoms with E-state index in [1.165, 1.54) is 0 Å². The van der Waals surface area contributed by atoms with E-state index in [1.807, 2.05) is 0 Å². The molecule has 0 heterocycles. The Balaban J connectivity index is 3.47. The SMILES string of the molecule is O=[N+]([O-])c1cc(F)c(OC(F)(F)C(F)(F)C(F)(F)C(F)(F)F)c(F)c1F. The molecule has 0 aliphatic carbocycles. The zero-order chi connectivity index (χ0) is 20.9. The minimum atomic E-state index is -7.43. The molecule has 0 atom stereocenters. The van der Waals surface area contributed by atoms with Gasteiger partial charge in [-0.15, -0.1) is 0 Å². The van der Waals surface area contributed by atoms with Crippen molar-refractivity contribution in [3.05, 3.63) is 33.6 Å². The van der Waals surface area contributed by atoms with Gasteiger partial charge in [0.15, 0.2) is 5.82 Å². The molecule has 0 saturated carbocycles. The highest BCUT2D eigenvalue weighted by Gasteiger charge is 2.83. The van der Waals surface area contributed by atoms with Crippen LogP contribution in [0, 0.1) is 27.6 Å². The van der Waals surface area contributed by atoms with Crippen molar-refractivity contribution in [2.75, 3.05) is 0 Å². The molecule has 0 radical (unpaired) electrons. The summed E-state index contributed by atoms with van der Waals surface area (Å²) in [6.45, 7) is 0. The van der Waals surface area contributed by atoms with E-state index in [2.05, 4.69) is 4.74 Å². The van der Waals surface area contributed by atoms with E-state index in [1.54, 1.807) is 0 Å². The fraction of sp³-hybridized carbons (Fsp3) is 0.400. The maximum atomic E-state index is 13.3. The quantitative estimate of drug-likeness (QED) is 0.302. The molecule has 1 rings (SSSR count). The molecular weight excluding hydrogens is 410 g/mol. The van der Waals surface area contributed by atoms with Gasteiger partial charge in [-0.3, -0.25) is 10.1 Å². The molecule has 148 valence electrons. The zero-order valence-corrected chi connectivity index (χ0v) is 11.3. The summed E-state index contributed by atoms with van der Waals surface area (Å²) in [5, 5.41) is 10.2. The number of nitro benzene ring substituents is 1. The molecule has 0 unspecified atom stereocenters. The first-order valence-corrected chi connectivity index (χ1v) is 5.59. The normalized spacial score (nSPS) is 13.7. The van der Waals surface area contributed by atoms with Crippen molar-refractivity contribution in [1.82, 2.24) is 0 Å². The average Bonchev–Trinajstić information content (AvgIpc) is 2.45. The number of hydrogen-bond acceptors (Lipinski definition) is 3. The van der Waals surface area contributed by atoms with Crippen molar-refractivity contribution >= 4 is 5.69 Å². The first-order valence-electron chi connectivity index (χ1n) is 5.59. The van der Waals surface area contributed by atoms with Gasteiger partial charge in [-0.25, -0.2) is 4.39 Å². The number of halogens is 12. The molecule has 0 aliphatic heterocycles. The average molecular weight is 411 g/mol. The Morgan fingerprint density at radius 2 is 1.31 bits per heavy atom. The summed E-state index contributed by atoms with van der Waals surface area (Å²) < 4.78 is 155. The maximum absolute atomic E-state index is 13.3. The van der Waals surface area contributed by atoms with E-state index >= 15 is 0 Å². The van der Waals surface area contributed by atoms with Gasteiger partial charge in [0.05, 0.1) is 11.0 Å². The largest absolute Gasteiger partial charge is 0.471 e. The van der Waals surface area contributed by atoms with Crippen LogP contribution in [0.2, 0.25) is 0 Å². The molecule has 0 saturated heterocycles. The van der Waals surface area contributed by atoms with E-state index in [9.17, 15) is 62.8 Å². The summed E-state index contributed by atoms with van der Waals surface area (Å²) in [6, 6.07) is -0.649. The molecule has 0 aliphatic rings. The van der Waals surface area contributed by atoms with Crippen LogP contribution in [0.3, 0.4) is 0 Å². The molecule has 0 N–H and O–H groups in total. The van der Waals surface area contributed by atoms with Gasteiger partial charge in [0.25, 0.3) is 0 Å². The Hall–Kier alpha value is -2.42. The predicted octanol–water partition coefficient (Wildman–Crippen LogP) is 4.82. The Bertz CT molecular complexity index is 729. The van der Waals surface area contributed by atoms with E-state index in [0.29, 0.717) is 0 Å². The first kappa shape index (κ1) is 21.6. The van der Waals surface area contributed by atoms with E-state index in [0.717, 1.165) is 0 Å². The van der Waals surface area contributed by atoms with E-state index in [-0.39, 0.29) is 0 Å². The fourth-order valence-electron chi connectivity index (χ4n) is 1.35. The topological polar surface area (TPSA) is 52.4 Å². The smallest absolute Gasteiger partial charge is 0.421 e. The molecule has 0 amide bonds. The highest BCUT2D eigenvalue weighted by atomic mass is 19.4. The molecule has 26 heavy (non-hydrogen) atoms. The van der Waals surface area contributed by atoms with Crippen LogP contribution in [0.4, 0.5) is 58.4 Å². The van der Waals surface area contributed by atoms with Crippen LogP contribution in [0.5, 0.6) is 5.75 Å². The van der Waals surface area contributed by atoms with E-state index < -0.39 is 64.0 Å². The Kier molecular flexibility index (Phi) is 5.06. The van der Waals surface area contributed by atoms with Gasteiger partial charge in [0.1, 0.15) is 0 Å². The molecule has 0 bridgehead atoms. The molecule has 1 aromatic carbocycles. The second-order valence-corrected chi connectivity index (χ2v) is 4.36. The Morgan fingerprint density at radius 1 is 0.846 bits per heavy atom. The molecule has 0 fully saturated rings. The fourth-order valence-corrected chi connectivity index (χ4v) is 1.35. The van der Waals surface area contributed by atoms with Crippen LogP contribution in [0.1, 0.15) is 0 Å². The minimum Gasteiger partial charge on any atom is -0.421 e. The van der Waals surface area contributed by atoms with Gasteiger partial charge in [0.2, 0.25) is 17.4 Å². The lowest BCUT2D eigenvalue weighted by atomic mass is 10.1. The third-order valence-electron chi connectivity index (χ3n) is 2.64. The third-order valence-corrected chi connectivity index (χ3v) is 2.64. The van der Waals surface area contributed by atoms with Crippen molar-refractivity contribution in [3.63, 3.8) is 0 Å². The highest BCUT2D eigenvalue weighted by Crippen LogP contribution is 2.53. The predicted molar refractivity (Wildman–Crippen MR) is 54.5 cm³/mol. The summed E-state index contributed by atoms with van der Waals surface area (Å²) in [5.41, 5.74) is -2.02. The number of benzene rings is 1. The first-order chi connectivity index (χ1) is 11.4. The summed E-state index contributed by atoms with van der Waals surface area (Å²) >= 11 is 0. The summed E-state index contributed by atoms with van der Waals surface area (Å²) in [7, 11) is 0. The number of nitrogens with zero attached hydrogens (tertiary/aromatic N) is 1. The van der Waals surface area contributed by atoms with Crippen molar-refractivity contribution in [1.29, 1.82) is 0 Å². The standard InChI is InChI=1S/C10HF12NO3/c11-2-1-3(23(24)25)4(12)5(13)6(2)26-10(21,22)8(16,17)7(14,15)9(18,19)20/h1H. The number of hydrogen-bond donors (Lipinski definition) is 0. The third kappa shape index (κ3) is 3.18. The Morgan fingerprint density at radius 3 is 1.69 bits per heavy atom. The van der Waals surface area contributed by atoms with Gasteiger partial charge < -0.3 is 4.74 Å². The number of alkyl halides is 9. The lowest BCUT2D eigenvalue weighted by molar-refractivity contribution is -0.429. The molecule has 0 aromatic heterocycles. The molecule has 1 aromatic rings.